The predicted molar refractivity (Wildman–Crippen MR) is 123 cm³/mol. The number of hydrogen-bond donors (Lipinski definition) is 5. The Morgan fingerprint density at radius 2 is 1.69 bits per heavy atom. The molecule has 2 heterocycles. The Morgan fingerprint density at radius 1 is 1.08 bits per heavy atom. The quantitative estimate of drug-likeness (QED) is 0.180. The fraction of sp³-hybridized carbons (Fsp3) is 0.412. The molecule has 2 aromatic rings. The molecule has 1 saturated heterocycles. The van der Waals surface area contributed by atoms with Crippen LogP contribution in [0, 0.1) is 3.57 Å². The number of ether oxygens (including phenoxy) is 1. The molecule has 19 heteroatoms. The van der Waals surface area contributed by atoms with Crippen molar-refractivity contribution in [2.75, 3.05) is 6.61 Å². The van der Waals surface area contributed by atoms with Crippen molar-refractivity contribution in [3.05, 3.63) is 66.5 Å². The maximum absolute atomic E-state index is 14.8. The standard InChI is InChI=1S/C17H19F2IN2O12P2/c18-17(19,9-4-2-1-3-5-9)8-22-14(25)10(20)6-21(16(22)26)15-13(24)12(23)11(33-15)7-32-36(30,31)34-35(27,28)29/h1-6,11-13,15,23-24H,7-8H2,(H,30,31)(H2,27,28,29)/t11-,12?,13?,15-/m1/s1. The number of phosphoric acid groups is 2. The van der Waals surface area contributed by atoms with Gasteiger partial charge < -0.3 is 29.6 Å². The Kier molecular flexibility index (Phi) is 8.74. The van der Waals surface area contributed by atoms with Crippen LogP contribution in [-0.2, 0) is 35.2 Å². The molecule has 0 amide bonds. The fourth-order valence-electron chi connectivity index (χ4n) is 3.30. The molecule has 5 atom stereocenters. The number of benzene rings is 1. The summed E-state index contributed by atoms with van der Waals surface area (Å²) in [5.74, 6) is -3.64. The van der Waals surface area contributed by atoms with Crippen LogP contribution >= 0.6 is 38.2 Å². The van der Waals surface area contributed by atoms with Gasteiger partial charge in [-0.05, 0) is 22.6 Å². The molecule has 0 saturated carbocycles. The summed E-state index contributed by atoms with van der Waals surface area (Å²) in [6.45, 7) is -2.39. The molecule has 5 N–H and O–H groups in total. The van der Waals surface area contributed by atoms with E-state index in [1.165, 1.54) is 40.8 Å². The minimum atomic E-state index is -5.43. The van der Waals surface area contributed by atoms with Gasteiger partial charge in [0.05, 0.1) is 16.7 Å². The second-order valence-corrected chi connectivity index (χ2v) is 11.5. The predicted octanol–water partition coefficient (Wildman–Crippen LogP) is 0.252. The topological polar surface area (TPSA) is 207 Å². The molecule has 36 heavy (non-hydrogen) atoms. The van der Waals surface area contributed by atoms with Crippen LogP contribution in [-0.4, -0.2) is 58.9 Å². The number of hydrogen-bond acceptors (Lipinski definition) is 9. The molecule has 0 bridgehead atoms. The van der Waals surface area contributed by atoms with Crippen LogP contribution in [0.4, 0.5) is 8.78 Å². The summed E-state index contributed by atoms with van der Waals surface area (Å²) >= 11 is 1.48. The van der Waals surface area contributed by atoms with Gasteiger partial charge in [0.25, 0.3) is 11.5 Å². The smallest absolute Gasteiger partial charge is 0.387 e. The summed E-state index contributed by atoms with van der Waals surface area (Å²) in [4.78, 5) is 52.1. The lowest BCUT2D eigenvalue weighted by atomic mass is 10.1. The first-order chi connectivity index (χ1) is 16.5. The maximum Gasteiger partial charge on any atom is 0.481 e. The minimum absolute atomic E-state index is 0.212. The average molecular weight is 670 g/mol. The first-order valence-electron chi connectivity index (χ1n) is 9.73. The van der Waals surface area contributed by atoms with Gasteiger partial charge in [-0.1, -0.05) is 30.3 Å². The molecule has 1 fully saturated rings. The Bertz CT molecular complexity index is 1320. The van der Waals surface area contributed by atoms with Crippen molar-refractivity contribution in [1.82, 2.24) is 9.13 Å². The van der Waals surface area contributed by atoms with E-state index in [9.17, 15) is 42.6 Å². The average Bonchev–Trinajstić information content (AvgIpc) is 3.05. The Balaban J connectivity index is 1.88. The molecule has 0 spiro atoms. The first kappa shape index (κ1) is 29.2. The largest absolute Gasteiger partial charge is 0.481 e. The van der Waals surface area contributed by atoms with Crippen LogP contribution in [0.3, 0.4) is 0 Å². The van der Waals surface area contributed by atoms with E-state index in [0.717, 1.165) is 18.3 Å². The first-order valence-corrected chi connectivity index (χ1v) is 13.8. The third-order valence-corrected chi connectivity index (χ3v) is 7.82. The molecule has 3 rings (SSSR count). The summed E-state index contributed by atoms with van der Waals surface area (Å²) < 4.78 is 65.8. The van der Waals surface area contributed by atoms with E-state index in [4.69, 9.17) is 14.5 Å². The highest BCUT2D eigenvalue weighted by atomic mass is 127. The number of alkyl halides is 2. The third-order valence-electron chi connectivity index (χ3n) is 4.93. The van der Waals surface area contributed by atoms with Crippen LogP contribution in [0.15, 0.2) is 46.1 Å². The number of aliphatic hydroxyl groups is 2. The van der Waals surface area contributed by atoms with Gasteiger partial charge in [-0.3, -0.25) is 18.5 Å². The zero-order valence-electron chi connectivity index (χ0n) is 17.7. The van der Waals surface area contributed by atoms with Gasteiger partial charge in [-0.25, -0.2) is 13.9 Å². The molecule has 0 aliphatic carbocycles. The zero-order valence-corrected chi connectivity index (χ0v) is 21.7. The molecular formula is C17H19F2IN2O12P2. The van der Waals surface area contributed by atoms with Crippen LogP contribution in [0.2, 0.25) is 0 Å². The SMILES string of the molecule is O=c1c(I)cn([C@@H]2O[C@H](COP(=O)(O)OP(=O)(O)O)C(O)C2O)c(=O)n1CC(F)(F)c1ccccc1. The highest BCUT2D eigenvalue weighted by molar-refractivity contribution is 14.1. The van der Waals surface area contributed by atoms with Crippen LogP contribution < -0.4 is 11.2 Å². The van der Waals surface area contributed by atoms with Crippen molar-refractivity contribution in [2.45, 2.75) is 37.0 Å². The Labute approximate surface area is 213 Å². The molecule has 3 unspecified atom stereocenters. The number of phosphoric ester groups is 1. The van der Waals surface area contributed by atoms with Crippen molar-refractivity contribution < 1.29 is 56.4 Å². The van der Waals surface area contributed by atoms with Gasteiger partial charge in [0.1, 0.15) is 18.3 Å². The number of aromatic nitrogens is 2. The van der Waals surface area contributed by atoms with Crippen molar-refractivity contribution in [3.63, 3.8) is 0 Å². The van der Waals surface area contributed by atoms with E-state index in [1.54, 1.807) is 0 Å². The lowest BCUT2D eigenvalue weighted by molar-refractivity contribution is -0.0571. The number of halogens is 3. The van der Waals surface area contributed by atoms with E-state index in [0.29, 0.717) is 4.57 Å². The molecular weight excluding hydrogens is 651 g/mol. The summed E-state index contributed by atoms with van der Waals surface area (Å²) in [6, 6.07) is 6.42. The maximum atomic E-state index is 14.8. The molecule has 1 aromatic heterocycles. The van der Waals surface area contributed by atoms with Crippen molar-refractivity contribution in [1.29, 1.82) is 0 Å². The van der Waals surface area contributed by atoms with E-state index in [2.05, 4.69) is 8.83 Å². The van der Waals surface area contributed by atoms with Crippen LogP contribution in [0.5, 0.6) is 0 Å². The summed E-state index contributed by atoms with van der Waals surface area (Å²) in [5, 5.41) is 20.6. The van der Waals surface area contributed by atoms with Crippen molar-refractivity contribution >= 4 is 38.2 Å². The molecule has 1 aliphatic heterocycles. The van der Waals surface area contributed by atoms with Gasteiger partial charge in [0, 0.05) is 11.8 Å². The lowest BCUT2D eigenvalue weighted by Gasteiger charge is -2.22. The Morgan fingerprint density at radius 3 is 2.28 bits per heavy atom. The molecule has 14 nitrogen and oxygen atoms in total. The fourth-order valence-corrected chi connectivity index (χ4v) is 5.49. The van der Waals surface area contributed by atoms with Gasteiger partial charge in [0.2, 0.25) is 0 Å². The summed E-state index contributed by atoms with van der Waals surface area (Å²) in [6.07, 6.45) is -6.27. The van der Waals surface area contributed by atoms with E-state index in [1.807, 2.05) is 0 Å². The normalized spacial score (nSPS) is 24.6. The number of rotatable bonds is 9. The van der Waals surface area contributed by atoms with Crippen LogP contribution in [0.25, 0.3) is 0 Å². The summed E-state index contributed by atoms with van der Waals surface area (Å²) in [7, 11) is -10.8. The van der Waals surface area contributed by atoms with E-state index < -0.39 is 76.1 Å². The lowest BCUT2D eigenvalue weighted by Crippen LogP contribution is -2.46. The van der Waals surface area contributed by atoms with E-state index in [-0.39, 0.29) is 8.14 Å². The molecule has 200 valence electrons. The van der Waals surface area contributed by atoms with Gasteiger partial charge in [-0.15, -0.1) is 0 Å². The molecule has 0 radical (unpaired) electrons. The number of aliphatic hydroxyl groups excluding tert-OH is 2. The van der Waals surface area contributed by atoms with Gasteiger partial charge in [-0.2, -0.15) is 13.1 Å². The van der Waals surface area contributed by atoms with Crippen molar-refractivity contribution in [2.24, 2.45) is 0 Å². The van der Waals surface area contributed by atoms with Crippen LogP contribution in [0.1, 0.15) is 11.8 Å². The van der Waals surface area contributed by atoms with Gasteiger partial charge >= 0.3 is 21.3 Å². The highest BCUT2D eigenvalue weighted by Crippen LogP contribution is 2.57. The summed E-state index contributed by atoms with van der Waals surface area (Å²) in [5.41, 5.74) is -2.82. The zero-order chi connectivity index (χ0) is 27.1. The molecule has 1 aromatic carbocycles. The second kappa shape index (κ2) is 10.8. The number of nitrogens with zero attached hydrogens (tertiary/aromatic N) is 2. The third kappa shape index (κ3) is 6.73. The minimum Gasteiger partial charge on any atom is -0.387 e. The van der Waals surface area contributed by atoms with E-state index >= 15 is 0 Å². The van der Waals surface area contributed by atoms with Crippen molar-refractivity contribution in [3.8, 4) is 0 Å². The highest BCUT2D eigenvalue weighted by Gasteiger charge is 2.46. The second-order valence-electron chi connectivity index (χ2n) is 7.51. The van der Waals surface area contributed by atoms with Gasteiger partial charge in [0.15, 0.2) is 6.23 Å². The monoisotopic (exact) mass is 670 g/mol. The molecule has 1 aliphatic rings. The Hall–Kier alpha value is -1.37.